The molecular weight excluding hydrogens is 244 g/mol. The summed E-state index contributed by atoms with van der Waals surface area (Å²) in [6, 6.07) is 13.3. The molecular formula is C14H12N2O3. The summed E-state index contributed by atoms with van der Waals surface area (Å²) in [5, 5.41) is 2.87. The van der Waals surface area contributed by atoms with Gasteiger partial charge in [-0.2, -0.15) is 0 Å². The van der Waals surface area contributed by atoms with Crippen LogP contribution in [0, 0.1) is 4.91 Å². The van der Waals surface area contributed by atoms with Gasteiger partial charge in [-0.25, -0.2) is 4.79 Å². The topological polar surface area (TPSA) is 81.8 Å². The number of hydrogen-bond acceptors (Lipinski definition) is 5. The standard InChI is InChI=1S/C14H12N2O3/c15-12-7-3-2-6-11(12)14(17)19-9-10-5-1-4-8-13(10)16-18/h1-8H,9,15H2. The van der Waals surface area contributed by atoms with Crippen molar-refractivity contribution in [2.45, 2.75) is 6.61 Å². The third kappa shape index (κ3) is 2.95. The Hall–Kier alpha value is -2.69. The number of rotatable bonds is 4. The maximum Gasteiger partial charge on any atom is 0.340 e. The lowest BCUT2D eigenvalue weighted by atomic mass is 10.2. The number of esters is 1. The Labute approximate surface area is 110 Å². The number of ether oxygens (including phenoxy) is 1. The molecule has 96 valence electrons. The lowest BCUT2D eigenvalue weighted by Crippen LogP contribution is -2.08. The maximum atomic E-state index is 11.8. The fraction of sp³-hybridized carbons (Fsp3) is 0.0714. The monoisotopic (exact) mass is 256 g/mol. The van der Waals surface area contributed by atoms with E-state index in [2.05, 4.69) is 5.18 Å². The Balaban J connectivity index is 2.09. The third-order valence-corrected chi connectivity index (χ3v) is 2.63. The van der Waals surface area contributed by atoms with Gasteiger partial charge in [0.05, 0.1) is 5.56 Å². The Kier molecular flexibility index (Phi) is 3.87. The third-order valence-electron chi connectivity index (χ3n) is 2.63. The molecule has 0 aromatic heterocycles. The Morgan fingerprint density at radius 2 is 1.79 bits per heavy atom. The van der Waals surface area contributed by atoms with E-state index in [1.54, 1.807) is 48.5 Å². The van der Waals surface area contributed by atoms with Gasteiger partial charge >= 0.3 is 5.97 Å². The van der Waals surface area contributed by atoms with E-state index >= 15 is 0 Å². The molecule has 0 aliphatic carbocycles. The van der Waals surface area contributed by atoms with Crippen LogP contribution < -0.4 is 5.73 Å². The minimum atomic E-state index is -0.529. The molecule has 0 atom stereocenters. The number of carbonyl (C=O) groups is 1. The minimum absolute atomic E-state index is 0.0188. The molecule has 5 nitrogen and oxygen atoms in total. The van der Waals surface area contributed by atoms with Crippen molar-refractivity contribution in [2.24, 2.45) is 5.18 Å². The number of anilines is 1. The van der Waals surface area contributed by atoms with Crippen LogP contribution in [-0.4, -0.2) is 5.97 Å². The first-order chi connectivity index (χ1) is 9.22. The second-order valence-electron chi connectivity index (χ2n) is 3.88. The largest absolute Gasteiger partial charge is 0.457 e. The molecule has 0 heterocycles. The van der Waals surface area contributed by atoms with Crippen molar-refractivity contribution in [1.82, 2.24) is 0 Å². The van der Waals surface area contributed by atoms with E-state index in [1.165, 1.54) is 0 Å². The van der Waals surface area contributed by atoms with Crippen LogP contribution in [0.2, 0.25) is 0 Å². The van der Waals surface area contributed by atoms with Crippen LogP contribution >= 0.6 is 0 Å². The molecule has 0 fully saturated rings. The van der Waals surface area contributed by atoms with Gasteiger partial charge in [0.15, 0.2) is 0 Å². The highest BCUT2D eigenvalue weighted by Gasteiger charge is 2.11. The van der Waals surface area contributed by atoms with E-state index in [9.17, 15) is 9.70 Å². The van der Waals surface area contributed by atoms with Gasteiger partial charge in [-0.15, -0.1) is 4.91 Å². The molecule has 0 saturated heterocycles. The summed E-state index contributed by atoms with van der Waals surface area (Å²) in [4.78, 5) is 22.4. The summed E-state index contributed by atoms with van der Waals surface area (Å²) in [7, 11) is 0. The fourth-order valence-electron chi connectivity index (χ4n) is 1.63. The minimum Gasteiger partial charge on any atom is -0.457 e. The fourth-order valence-corrected chi connectivity index (χ4v) is 1.63. The molecule has 0 unspecified atom stereocenters. The second kappa shape index (κ2) is 5.77. The van der Waals surface area contributed by atoms with Gasteiger partial charge in [-0.05, 0) is 23.4 Å². The van der Waals surface area contributed by atoms with Crippen molar-refractivity contribution in [3.63, 3.8) is 0 Å². The summed E-state index contributed by atoms with van der Waals surface area (Å²) in [5.41, 5.74) is 7.15. The summed E-state index contributed by atoms with van der Waals surface area (Å²) in [6.07, 6.45) is 0. The average Bonchev–Trinajstić information content (AvgIpc) is 2.45. The van der Waals surface area contributed by atoms with Crippen LogP contribution in [0.25, 0.3) is 0 Å². The molecule has 0 aliphatic rings. The number of nitrogen functional groups attached to an aromatic ring is 1. The van der Waals surface area contributed by atoms with Crippen LogP contribution in [0.15, 0.2) is 53.7 Å². The Bertz CT molecular complexity index is 611. The lowest BCUT2D eigenvalue weighted by molar-refractivity contribution is 0.0474. The number of nitrogens with two attached hydrogens (primary N) is 1. The number of hydrogen-bond donors (Lipinski definition) is 1. The molecule has 19 heavy (non-hydrogen) atoms. The van der Waals surface area contributed by atoms with E-state index < -0.39 is 5.97 Å². The van der Waals surface area contributed by atoms with Crippen molar-refractivity contribution in [3.05, 3.63) is 64.6 Å². The van der Waals surface area contributed by atoms with Crippen molar-refractivity contribution in [3.8, 4) is 0 Å². The molecule has 2 aromatic carbocycles. The maximum absolute atomic E-state index is 11.8. The number of para-hydroxylation sites is 1. The van der Waals surface area contributed by atoms with Gasteiger partial charge in [0.2, 0.25) is 0 Å². The normalized spacial score (nSPS) is 9.89. The molecule has 0 radical (unpaired) electrons. The summed E-state index contributed by atoms with van der Waals surface area (Å²) in [5.74, 6) is -0.529. The first kappa shape index (κ1) is 12.8. The first-order valence-electron chi connectivity index (χ1n) is 5.65. The van der Waals surface area contributed by atoms with E-state index in [-0.39, 0.29) is 12.3 Å². The van der Waals surface area contributed by atoms with Crippen molar-refractivity contribution < 1.29 is 9.53 Å². The zero-order valence-corrected chi connectivity index (χ0v) is 10.1. The highest BCUT2D eigenvalue weighted by molar-refractivity contribution is 5.94. The average molecular weight is 256 g/mol. The van der Waals surface area contributed by atoms with Crippen molar-refractivity contribution in [1.29, 1.82) is 0 Å². The van der Waals surface area contributed by atoms with Crippen molar-refractivity contribution >= 4 is 17.3 Å². The van der Waals surface area contributed by atoms with E-state index in [0.717, 1.165) is 0 Å². The SMILES string of the molecule is Nc1ccccc1C(=O)OCc1ccccc1N=O. The van der Waals surface area contributed by atoms with Crippen molar-refractivity contribution in [2.75, 3.05) is 5.73 Å². The molecule has 5 heteroatoms. The highest BCUT2D eigenvalue weighted by atomic mass is 16.5. The van der Waals surface area contributed by atoms with E-state index in [4.69, 9.17) is 10.5 Å². The van der Waals surface area contributed by atoms with Crippen LogP contribution in [0.4, 0.5) is 11.4 Å². The number of carbonyl (C=O) groups excluding carboxylic acids is 1. The molecule has 2 N–H and O–H groups in total. The van der Waals surface area contributed by atoms with Crippen LogP contribution in [0.5, 0.6) is 0 Å². The molecule has 0 spiro atoms. The Morgan fingerprint density at radius 1 is 1.11 bits per heavy atom. The van der Waals surface area contributed by atoms with E-state index in [1.807, 2.05) is 0 Å². The number of nitroso groups, excluding NO2 is 1. The van der Waals surface area contributed by atoms with Gasteiger partial charge in [-0.3, -0.25) is 0 Å². The van der Waals surface area contributed by atoms with Gasteiger partial charge in [0.1, 0.15) is 12.3 Å². The van der Waals surface area contributed by atoms with Gasteiger partial charge in [0, 0.05) is 11.3 Å². The zero-order valence-electron chi connectivity index (χ0n) is 10.1. The van der Waals surface area contributed by atoms with Gasteiger partial charge in [0.25, 0.3) is 0 Å². The van der Waals surface area contributed by atoms with Gasteiger partial charge in [-0.1, -0.05) is 30.3 Å². The van der Waals surface area contributed by atoms with Crippen LogP contribution in [0.3, 0.4) is 0 Å². The zero-order chi connectivity index (χ0) is 13.7. The number of nitrogens with zero attached hydrogens (tertiary/aromatic N) is 1. The quantitative estimate of drug-likeness (QED) is 0.518. The molecule has 0 amide bonds. The molecule has 0 aliphatic heterocycles. The predicted octanol–water partition coefficient (Wildman–Crippen LogP) is 3.02. The van der Waals surface area contributed by atoms with E-state index in [0.29, 0.717) is 16.8 Å². The molecule has 2 rings (SSSR count). The summed E-state index contributed by atoms with van der Waals surface area (Å²) < 4.78 is 5.12. The van der Waals surface area contributed by atoms with Gasteiger partial charge < -0.3 is 10.5 Å². The highest BCUT2D eigenvalue weighted by Crippen LogP contribution is 2.20. The Morgan fingerprint density at radius 3 is 2.53 bits per heavy atom. The predicted molar refractivity (Wildman–Crippen MR) is 71.9 cm³/mol. The molecule has 0 bridgehead atoms. The number of benzene rings is 2. The van der Waals surface area contributed by atoms with Crippen LogP contribution in [-0.2, 0) is 11.3 Å². The first-order valence-corrected chi connectivity index (χ1v) is 5.65. The molecule has 0 saturated carbocycles. The smallest absolute Gasteiger partial charge is 0.340 e. The second-order valence-corrected chi connectivity index (χ2v) is 3.88. The molecule has 2 aromatic rings. The van der Waals surface area contributed by atoms with Crippen LogP contribution in [0.1, 0.15) is 15.9 Å². The summed E-state index contributed by atoms with van der Waals surface area (Å²) in [6.45, 7) is -0.0188. The summed E-state index contributed by atoms with van der Waals surface area (Å²) >= 11 is 0. The lowest BCUT2D eigenvalue weighted by Gasteiger charge is -2.07.